The quantitative estimate of drug-likeness (QED) is 0.744. The second-order valence-electron chi connectivity index (χ2n) is 3.86. The molecule has 1 aromatic rings. The van der Waals surface area contributed by atoms with Crippen LogP contribution in [0.25, 0.3) is 0 Å². The third-order valence-corrected chi connectivity index (χ3v) is 2.19. The molecule has 0 saturated carbocycles. The highest BCUT2D eigenvalue weighted by Gasteiger charge is 2.11. The zero-order valence-electron chi connectivity index (χ0n) is 9.88. The predicted octanol–water partition coefficient (Wildman–Crippen LogP) is 0.281. The first-order chi connectivity index (χ1) is 8.02. The summed E-state index contributed by atoms with van der Waals surface area (Å²) in [5.74, 6) is -1.36. The molecule has 0 spiro atoms. The fraction of sp³-hybridized carbons (Fsp3) is 0.600. The maximum absolute atomic E-state index is 11.5. The summed E-state index contributed by atoms with van der Waals surface area (Å²) in [5, 5.41) is 18.4. The number of hydrogen-bond donors (Lipinski definition) is 2. The maximum atomic E-state index is 11.5. The molecule has 1 heterocycles. The van der Waals surface area contributed by atoms with Crippen LogP contribution in [0, 0.1) is 0 Å². The van der Waals surface area contributed by atoms with Crippen molar-refractivity contribution in [1.29, 1.82) is 0 Å². The first-order valence-electron chi connectivity index (χ1n) is 5.45. The van der Waals surface area contributed by atoms with Crippen LogP contribution >= 0.6 is 0 Å². The molecule has 17 heavy (non-hydrogen) atoms. The monoisotopic (exact) mass is 240 g/mol. The zero-order chi connectivity index (χ0) is 12.8. The van der Waals surface area contributed by atoms with Gasteiger partial charge in [0.1, 0.15) is 6.54 Å². The van der Waals surface area contributed by atoms with Crippen molar-refractivity contribution in [2.75, 3.05) is 0 Å². The van der Waals surface area contributed by atoms with Crippen molar-refractivity contribution in [3.8, 4) is 0 Å². The van der Waals surface area contributed by atoms with Crippen LogP contribution in [-0.4, -0.2) is 38.0 Å². The Morgan fingerprint density at radius 1 is 1.59 bits per heavy atom. The third-order valence-electron chi connectivity index (χ3n) is 2.19. The molecule has 0 aromatic carbocycles. The van der Waals surface area contributed by atoms with Crippen LogP contribution in [0.15, 0.2) is 6.20 Å². The van der Waals surface area contributed by atoms with Gasteiger partial charge in [-0.25, -0.2) is 9.48 Å². The summed E-state index contributed by atoms with van der Waals surface area (Å²) < 4.78 is 1.21. The Labute approximate surface area is 98.8 Å². The highest BCUT2D eigenvalue weighted by molar-refractivity contribution is 5.84. The van der Waals surface area contributed by atoms with Gasteiger partial charge in [-0.05, 0) is 13.3 Å². The van der Waals surface area contributed by atoms with Gasteiger partial charge in [-0.1, -0.05) is 18.6 Å². The van der Waals surface area contributed by atoms with Crippen molar-refractivity contribution >= 4 is 11.9 Å². The Balaban J connectivity index is 2.47. The minimum atomic E-state index is -1.16. The molecule has 94 valence electrons. The molecule has 1 aromatic heterocycles. The van der Waals surface area contributed by atoms with E-state index in [1.165, 1.54) is 10.9 Å². The van der Waals surface area contributed by atoms with Gasteiger partial charge in [0, 0.05) is 6.04 Å². The highest BCUT2D eigenvalue weighted by atomic mass is 16.4. The molecule has 7 nitrogen and oxygen atoms in total. The lowest BCUT2D eigenvalue weighted by Crippen LogP contribution is -2.35. The van der Waals surface area contributed by atoms with Gasteiger partial charge in [0.15, 0.2) is 5.69 Å². The molecule has 1 unspecified atom stereocenters. The van der Waals surface area contributed by atoms with Crippen molar-refractivity contribution in [1.82, 2.24) is 20.3 Å². The van der Waals surface area contributed by atoms with Crippen LogP contribution in [0.3, 0.4) is 0 Å². The van der Waals surface area contributed by atoms with Crippen molar-refractivity contribution in [3.05, 3.63) is 11.9 Å². The largest absolute Gasteiger partial charge is 0.476 e. The van der Waals surface area contributed by atoms with Crippen molar-refractivity contribution in [2.45, 2.75) is 39.3 Å². The van der Waals surface area contributed by atoms with Gasteiger partial charge < -0.3 is 10.4 Å². The molecule has 1 amide bonds. The maximum Gasteiger partial charge on any atom is 0.358 e. The molecule has 0 aliphatic rings. The molecule has 2 N–H and O–H groups in total. The van der Waals surface area contributed by atoms with Crippen LogP contribution in [-0.2, 0) is 11.3 Å². The number of aromatic nitrogens is 3. The van der Waals surface area contributed by atoms with Crippen LogP contribution in [0.1, 0.15) is 37.2 Å². The normalized spacial score (nSPS) is 12.1. The molecule has 7 heteroatoms. The number of nitrogens with one attached hydrogen (secondary N) is 1. The lowest BCUT2D eigenvalue weighted by atomic mass is 10.2. The molecule has 0 saturated heterocycles. The number of carbonyl (C=O) groups excluding carboxylic acids is 1. The van der Waals surface area contributed by atoms with Gasteiger partial charge >= 0.3 is 5.97 Å². The standard InChI is InChI=1S/C10H16N4O3/c1-3-4-7(2)11-9(15)6-14-5-8(10(16)17)12-13-14/h5,7H,3-4,6H2,1-2H3,(H,11,15)(H,16,17). The van der Waals surface area contributed by atoms with Crippen LogP contribution < -0.4 is 5.32 Å². The molecule has 0 fully saturated rings. The number of hydrogen-bond acceptors (Lipinski definition) is 4. The molecule has 0 bridgehead atoms. The van der Waals surface area contributed by atoms with E-state index in [1.807, 2.05) is 13.8 Å². The molecule has 1 atom stereocenters. The second kappa shape index (κ2) is 5.97. The van der Waals surface area contributed by atoms with Gasteiger partial charge in [-0.2, -0.15) is 0 Å². The van der Waals surface area contributed by atoms with Crippen molar-refractivity contribution in [3.63, 3.8) is 0 Å². The zero-order valence-corrected chi connectivity index (χ0v) is 9.88. The first kappa shape index (κ1) is 13.1. The third kappa shape index (κ3) is 4.21. The fourth-order valence-corrected chi connectivity index (χ4v) is 1.45. The molecule has 0 radical (unpaired) electrons. The summed E-state index contributed by atoms with van der Waals surface area (Å²) in [7, 11) is 0. The van der Waals surface area contributed by atoms with E-state index in [2.05, 4.69) is 15.6 Å². The molecule has 0 aliphatic heterocycles. The van der Waals surface area contributed by atoms with Gasteiger partial charge in [-0.15, -0.1) is 5.10 Å². The summed E-state index contributed by atoms with van der Waals surface area (Å²) in [6.07, 6.45) is 3.13. The van der Waals surface area contributed by atoms with Gasteiger partial charge in [0.2, 0.25) is 5.91 Å². The predicted molar refractivity (Wildman–Crippen MR) is 59.5 cm³/mol. The van der Waals surface area contributed by atoms with Crippen LogP contribution in [0.5, 0.6) is 0 Å². The Kier molecular flexibility index (Phi) is 4.62. The number of carbonyl (C=O) groups is 2. The molecular weight excluding hydrogens is 224 g/mol. The SMILES string of the molecule is CCCC(C)NC(=O)Cn1cc(C(=O)O)nn1. The highest BCUT2D eigenvalue weighted by Crippen LogP contribution is 1.96. The summed E-state index contributed by atoms with van der Waals surface area (Å²) in [4.78, 5) is 22.1. The lowest BCUT2D eigenvalue weighted by Gasteiger charge is -2.12. The molecule has 0 aliphatic carbocycles. The van der Waals surface area contributed by atoms with E-state index < -0.39 is 5.97 Å². The average Bonchev–Trinajstić information content (AvgIpc) is 2.66. The average molecular weight is 240 g/mol. The smallest absolute Gasteiger partial charge is 0.358 e. The number of nitrogens with zero attached hydrogens (tertiary/aromatic N) is 3. The van der Waals surface area contributed by atoms with E-state index >= 15 is 0 Å². The fourth-order valence-electron chi connectivity index (χ4n) is 1.45. The van der Waals surface area contributed by atoms with Crippen molar-refractivity contribution < 1.29 is 14.7 Å². The number of carboxylic acid groups (broad SMARTS) is 1. The lowest BCUT2D eigenvalue weighted by molar-refractivity contribution is -0.122. The van der Waals surface area contributed by atoms with E-state index in [-0.39, 0.29) is 24.2 Å². The summed E-state index contributed by atoms with van der Waals surface area (Å²) in [6.45, 7) is 3.94. The number of amides is 1. The van der Waals surface area contributed by atoms with Crippen LogP contribution in [0.4, 0.5) is 0 Å². The van der Waals surface area contributed by atoms with E-state index in [0.717, 1.165) is 12.8 Å². The van der Waals surface area contributed by atoms with Gasteiger partial charge in [0.25, 0.3) is 0 Å². The van der Waals surface area contributed by atoms with Crippen LogP contribution in [0.2, 0.25) is 0 Å². The second-order valence-corrected chi connectivity index (χ2v) is 3.86. The van der Waals surface area contributed by atoms with E-state index in [1.54, 1.807) is 0 Å². The van der Waals surface area contributed by atoms with Gasteiger partial charge in [-0.3, -0.25) is 4.79 Å². The minimum Gasteiger partial charge on any atom is -0.476 e. The van der Waals surface area contributed by atoms with Gasteiger partial charge in [0.05, 0.1) is 6.20 Å². The number of aromatic carboxylic acids is 1. The summed E-state index contributed by atoms with van der Waals surface area (Å²) in [5.41, 5.74) is -0.167. The Hall–Kier alpha value is -1.92. The number of rotatable bonds is 6. The minimum absolute atomic E-state index is 0.0195. The Morgan fingerprint density at radius 3 is 2.82 bits per heavy atom. The van der Waals surface area contributed by atoms with E-state index in [0.29, 0.717) is 0 Å². The summed E-state index contributed by atoms with van der Waals surface area (Å²) >= 11 is 0. The molecular formula is C10H16N4O3. The van der Waals surface area contributed by atoms with E-state index in [9.17, 15) is 9.59 Å². The molecule has 1 rings (SSSR count). The topological polar surface area (TPSA) is 97.1 Å². The van der Waals surface area contributed by atoms with Crippen molar-refractivity contribution in [2.24, 2.45) is 0 Å². The number of carboxylic acids is 1. The Morgan fingerprint density at radius 2 is 2.29 bits per heavy atom. The summed E-state index contributed by atoms with van der Waals surface area (Å²) in [6, 6.07) is 0.106. The first-order valence-corrected chi connectivity index (χ1v) is 5.45. The van der Waals surface area contributed by atoms with E-state index in [4.69, 9.17) is 5.11 Å². The Bertz CT molecular complexity index is 402.